The van der Waals surface area contributed by atoms with E-state index in [9.17, 15) is 4.79 Å². The van der Waals surface area contributed by atoms with E-state index >= 15 is 0 Å². The van der Waals surface area contributed by atoms with Gasteiger partial charge in [-0.05, 0) is 20.4 Å². The fourth-order valence-corrected chi connectivity index (χ4v) is 1.36. The molecule has 1 aromatic rings. The van der Waals surface area contributed by atoms with E-state index in [1.165, 1.54) is 6.39 Å². The molecular formula is C11H18N2O3. The summed E-state index contributed by atoms with van der Waals surface area (Å²) in [6.07, 6.45) is 1.42. The summed E-state index contributed by atoms with van der Waals surface area (Å²) in [7, 11) is 0. The van der Waals surface area contributed by atoms with Crippen molar-refractivity contribution < 1.29 is 13.9 Å². The zero-order valence-electron chi connectivity index (χ0n) is 10.0. The maximum atomic E-state index is 11.3. The van der Waals surface area contributed by atoms with Crippen LogP contribution in [-0.4, -0.2) is 35.5 Å². The molecule has 0 saturated heterocycles. The molecule has 0 aliphatic rings. The predicted molar refractivity (Wildman–Crippen MR) is 58.8 cm³/mol. The second-order valence-electron chi connectivity index (χ2n) is 3.46. The summed E-state index contributed by atoms with van der Waals surface area (Å²) in [5.74, 6) is 0.591. The molecule has 0 aliphatic carbocycles. The molecule has 0 amide bonds. The van der Waals surface area contributed by atoms with Crippen molar-refractivity contribution in [2.24, 2.45) is 0 Å². The Morgan fingerprint density at radius 1 is 1.56 bits per heavy atom. The second-order valence-corrected chi connectivity index (χ2v) is 3.46. The standard InChI is InChI=1S/C11H18N2O3/c1-4-13(7-11(14)15-5-2)6-10-9(3)16-8-12-10/h8H,4-7H2,1-3H3. The first kappa shape index (κ1) is 12.7. The van der Waals surface area contributed by atoms with E-state index in [2.05, 4.69) is 4.98 Å². The van der Waals surface area contributed by atoms with E-state index in [1.54, 1.807) is 6.92 Å². The highest BCUT2D eigenvalue weighted by Gasteiger charge is 2.13. The summed E-state index contributed by atoms with van der Waals surface area (Å²) in [5, 5.41) is 0. The minimum Gasteiger partial charge on any atom is -0.465 e. The second kappa shape index (κ2) is 6.27. The van der Waals surface area contributed by atoms with Crippen molar-refractivity contribution in [1.82, 2.24) is 9.88 Å². The first-order valence-corrected chi connectivity index (χ1v) is 5.44. The Morgan fingerprint density at radius 3 is 2.81 bits per heavy atom. The van der Waals surface area contributed by atoms with Gasteiger partial charge in [0, 0.05) is 6.54 Å². The van der Waals surface area contributed by atoms with Crippen molar-refractivity contribution in [2.75, 3.05) is 19.7 Å². The molecule has 0 bridgehead atoms. The van der Waals surface area contributed by atoms with E-state index in [1.807, 2.05) is 18.7 Å². The Kier molecular flexibility index (Phi) is 4.98. The Hall–Kier alpha value is -1.36. The minimum absolute atomic E-state index is 0.203. The summed E-state index contributed by atoms with van der Waals surface area (Å²) in [6, 6.07) is 0. The lowest BCUT2D eigenvalue weighted by atomic mass is 10.3. The lowest BCUT2D eigenvalue weighted by Gasteiger charge is -2.17. The number of carbonyl (C=O) groups is 1. The van der Waals surface area contributed by atoms with Gasteiger partial charge in [0.05, 0.1) is 18.8 Å². The average Bonchev–Trinajstić information content (AvgIpc) is 2.64. The van der Waals surface area contributed by atoms with Gasteiger partial charge in [-0.25, -0.2) is 4.98 Å². The molecule has 0 spiro atoms. The van der Waals surface area contributed by atoms with Crippen LogP contribution in [0.15, 0.2) is 10.8 Å². The molecule has 0 atom stereocenters. The molecule has 1 aromatic heterocycles. The smallest absolute Gasteiger partial charge is 0.320 e. The van der Waals surface area contributed by atoms with E-state index in [-0.39, 0.29) is 12.5 Å². The SMILES string of the molecule is CCOC(=O)CN(CC)Cc1ncoc1C. The van der Waals surface area contributed by atoms with E-state index in [0.29, 0.717) is 13.2 Å². The molecule has 0 N–H and O–H groups in total. The van der Waals surface area contributed by atoms with Crippen molar-refractivity contribution in [3.63, 3.8) is 0 Å². The van der Waals surface area contributed by atoms with Crippen LogP contribution in [0.2, 0.25) is 0 Å². The minimum atomic E-state index is -0.203. The number of aryl methyl sites for hydroxylation is 1. The third kappa shape index (κ3) is 3.66. The summed E-state index contributed by atoms with van der Waals surface area (Å²) >= 11 is 0. The van der Waals surface area contributed by atoms with Gasteiger partial charge in [-0.3, -0.25) is 9.69 Å². The summed E-state index contributed by atoms with van der Waals surface area (Å²) < 4.78 is 10.0. The number of aromatic nitrogens is 1. The first-order chi connectivity index (χ1) is 7.67. The molecule has 0 aliphatic heterocycles. The molecule has 0 saturated carbocycles. The molecule has 16 heavy (non-hydrogen) atoms. The van der Waals surface area contributed by atoms with Gasteiger partial charge in [-0.15, -0.1) is 0 Å². The zero-order valence-corrected chi connectivity index (χ0v) is 10.0. The number of ether oxygens (including phenoxy) is 1. The van der Waals surface area contributed by atoms with Crippen molar-refractivity contribution in [2.45, 2.75) is 27.3 Å². The van der Waals surface area contributed by atoms with Crippen LogP contribution in [0, 0.1) is 6.92 Å². The Morgan fingerprint density at radius 2 is 2.31 bits per heavy atom. The lowest BCUT2D eigenvalue weighted by molar-refractivity contribution is -0.144. The Bertz CT molecular complexity index is 336. The molecule has 0 radical (unpaired) electrons. The van der Waals surface area contributed by atoms with Crippen LogP contribution in [0.4, 0.5) is 0 Å². The third-order valence-electron chi connectivity index (χ3n) is 2.32. The number of likely N-dealkylation sites (N-methyl/N-ethyl adjacent to an activating group) is 1. The van der Waals surface area contributed by atoms with Gasteiger partial charge in [0.15, 0.2) is 6.39 Å². The number of carbonyl (C=O) groups excluding carboxylic acids is 1. The normalized spacial score (nSPS) is 10.8. The summed E-state index contributed by atoms with van der Waals surface area (Å²) in [5.41, 5.74) is 0.867. The van der Waals surface area contributed by atoms with Gasteiger partial charge in [0.2, 0.25) is 0 Å². The van der Waals surface area contributed by atoms with Crippen LogP contribution in [-0.2, 0) is 16.1 Å². The largest absolute Gasteiger partial charge is 0.465 e. The van der Waals surface area contributed by atoms with Gasteiger partial charge in [0.25, 0.3) is 0 Å². The van der Waals surface area contributed by atoms with Crippen molar-refractivity contribution in [3.8, 4) is 0 Å². The van der Waals surface area contributed by atoms with E-state index < -0.39 is 0 Å². The van der Waals surface area contributed by atoms with Crippen LogP contribution in [0.1, 0.15) is 25.3 Å². The molecule has 90 valence electrons. The lowest BCUT2D eigenvalue weighted by Crippen LogP contribution is -2.30. The highest BCUT2D eigenvalue weighted by Crippen LogP contribution is 2.08. The van der Waals surface area contributed by atoms with Crippen molar-refractivity contribution >= 4 is 5.97 Å². The fourth-order valence-electron chi connectivity index (χ4n) is 1.36. The number of nitrogens with zero attached hydrogens (tertiary/aromatic N) is 2. The molecule has 0 aromatic carbocycles. The average molecular weight is 226 g/mol. The van der Waals surface area contributed by atoms with Gasteiger partial charge in [-0.2, -0.15) is 0 Å². The highest BCUT2D eigenvalue weighted by molar-refractivity contribution is 5.71. The van der Waals surface area contributed by atoms with Crippen molar-refractivity contribution in [1.29, 1.82) is 0 Å². The molecule has 0 fully saturated rings. The Balaban J connectivity index is 2.49. The van der Waals surface area contributed by atoms with Gasteiger partial charge in [-0.1, -0.05) is 6.92 Å². The third-order valence-corrected chi connectivity index (χ3v) is 2.32. The maximum Gasteiger partial charge on any atom is 0.320 e. The molecular weight excluding hydrogens is 208 g/mol. The molecule has 1 rings (SSSR count). The highest BCUT2D eigenvalue weighted by atomic mass is 16.5. The van der Waals surface area contributed by atoms with Crippen molar-refractivity contribution in [3.05, 3.63) is 17.8 Å². The number of hydrogen-bond acceptors (Lipinski definition) is 5. The number of hydrogen-bond donors (Lipinski definition) is 0. The van der Waals surface area contributed by atoms with Crippen LogP contribution in [0.25, 0.3) is 0 Å². The predicted octanol–water partition coefficient (Wildman–Crippen LogP) is 1.37. The van der Waals surface area contributed by atoms with Gasteiger partial charge >= 0.3 is 5.97 Å². The van der Waals surface area contributed by atoms with Gasteiger partial charge in [0.1, 0.15) is 5.76 Å². The number of rotatable bonds is 6. The topological polar surface area (TPSA) is 55.6 Å². The molecule has 5 nitrogen and oxygen atoms in total. The van der Waals surface area contributed by atoms with Crippen LogP contribution < -0.4 is 0 Å². The van der Waals surface area contributed by atoms with Crippen LogP contribution >= 0.6 is 0 Å². The van der Waals surface area contributed by atoms with Crippen LogP contribution in [0.5, 0.6) is 0 Å². The van der Waals surface area contributed by atoms with Gasteiger partial charge < -0.3 is 9.15 Å². The van der Waals surface area contributed by atoms with E-state index in [0.717, 1.165) is 18.0 Å². The number of esters is 1. The monoisotopic (exact) mass is 226 g/mol. The van der Waals surface area contributed by atoms with E-state index in [4.69, 9.17) is 9.15 Å². The quantitative estimate of drug-likeness (QED) is 0.686. The maximum absolute atomic E-state index is 11.3. The summed E-state index contributed by atoms with van der Waals surface area (Å²) in [4.78, 5) is 17.4. The first-order valence-electron chi connectivity index (χ1n) is 5.44. The molecule has 1 heterocycles. The van der Waals surface area contributed by atoms with Crippen LogP contribution in [0.3, 0.4) is 0 Å². The molecule has 0 unspecified atom stereocenters. The Labute approximate surface area is 95.4 Å². The summed E-state index contributed by atoms with van der Waals surface area (Å²) in [6.45, 7) is 7.74. The molecule has 5 heteroatoms. The zero-order chi connectivity index (χ0) is 12.0. The fraction of sp³-hybridized carbons (Fsp3) is 0.636. The number of oxazole rings is 1.